The Morgan fingerprint density at radius 3 is 2.72 bits per heavy atom. The number of nitrogens with zero attached hydrogens (tertiary/aromatic N) is 2. The van der Waals surface area contributed by atoms with Gasteiger partial charge in [0.1, 0.15) is 11.9 Å². The molecule has 0 spiro atoms. The molecule has 0 saturated heterocycles. The predicted octanol–water partition coefficient (Wildman–Crippen LogP) is 3.43. The lowest BCUT2D eigenvalue weighted by atomic mass is 9.96. The van der Waals surface area contributed by atoms with Crippen LogP contribution in [-0.2, 0) is 0 Å². The Kier molecular flexibility index (Phi) is 6.15. The van der Waals surface area contributed by atoms with Gasteiger partial charge in [-0.2, -0.15) is 5.26 Å². The fourth-order valence-corrected chi connectivity index (χ4v) is 4.03. The Labute approximate surface area is 175 Å². The first-order valence-electron chi connectivity index (χ1n) is 10.2. The molecular weight excluding hydrogens is 386 g/mol. The first-order valence-corrected chi connectivity index (χ1v) is 10.6. The highest BCUT2D eigenvalue weighted by Crippen LogP contribution is 2.36. The van der Waals surface area contributed by atoms with Gasteiger partial charge in [-0.15, -0.1) is 0 Å². The molecule has 152 valence electrons. The SMILES string of the molecule is N#Cc1cc2cc3c(cc2nc1NCCCNC(=S)NC1CCCCC1)OCO3. The number of aromatic nitrogens is 1. The summed E-state index contributed by atoms with van der Waals surface area (Å²) in [6.07, 6.45) is 7.17. The molecule has 0 unspecified atom stereocenters. The van der Waals surface area contributed by atoms with E-state index in [1.54, 1.807) is 0 Å². The topological polar surface area (TPSA) is 91.2 Å². The summed E-state index contributed by atoms with van der Waals surface area (Å²) in [5, 5.41) is 21.0. The van der Waals surface area contributed by atoms with Crippen molar-refractivity contribution in [2.45, 2.75) is 44.6 Å². The number of thiocarbonyl (C=S) groups is 1. The first-order chi connectivity index (χ1) is 14.2. The number of anilines is 1. The van der Waals surface area contributed by atoms with E-state index in [4.69, 9.17) is 21.7 Å². The standard InChI is InChI=1S/C21H25N5O2S/c22-12-15-9-14-10-18-19(28-13-27-18)11-17(14)26-20(15)23-7-4-8-24-21(29)25-16-5-2-1-3-6-16/h9-11,16H,1-8,13H2,(H,23,26)(H2,24,25,29). The molecule has 1 aromatic heterocycles. The van der Waals surface area contributed by atoms with Crippen LogP contribution in [0.3, 0.4) is 0 Å². The van der Waals surface area contributed by atoms with Crippen LogP contribution in [0.4, 0.5) is 5.82 Å². The van der Waals surface area contributed by atoms with Gasteiger partial charge >= 0.3 is 0 Å². The third-order valence-electron chi connectivity index (χ3n) is 5.30. The second-order valence-corrected chi connectivity index (χ2v) is 7.82. The van der Waals surface area contributed by atoms with Crippen molar-refractivity contribution in [1.82, 2.24) is 15.6 Å². The molecule has 0 radical (unpaired) electrons. The van der Waals surface area contributed by atoms with Crippen molar-refractivity contribution >= 4 is 34.1 Å². The van der Waals surface area contributed by atoms with Crippen molar-refractivity contribution in [3.8, 4) is 17.6 Å². The van der Waals surface area contributed by atoms with E-state index in [-0.39, 0.29) is 6.79 Å². The highest BCUT2D eigenvalue weighted by molar-refractivity contribution is 7.80. The highest BCUT2D eigenvalue weighted by atomic mass is 32.1. The van der Waals surface area contributed by atoms with Crippen LogP contribution < -0.4 is 25.4 Å². The van der Waals surface area contributed by atoms with Crippen LogP contribution in [0.25, 0.3) is 10.9 Å². The van der Waals surface area contributed by atoms with E-state index in [1.165, 1.54) is 32.1 Å². The molecule has 1 aliphatic heterocycles. The molecule has 2 aliphatic rings. The molecule has 29 heavy (non-hydrogen) atoms. The minimum absolute atomic E-state index is 0.215. The van der Waals surface area contributed by atoms with E-state index in [0.717, 1.165) is 29.0 Å². The Hall–Kier alpha value is -2.79. The van der Waals surface area contributed by atoms with Gasteiger partial charge in [0.2, 0.25) is 6.79 Å². The molecule has 0 atom stereocenters. The number of fused-ring (bicyclic) bond motifs is 2. The Bertz CT molecular complexity index is 937. The summed E-state index contributed by atoms with van der Waals surface area (Å²) in [4.78, 5) is 4.61. The zero-order valence-electron chi connectivity index (χ0n) is 16.3. The van der Waals surface area contributed by atoms with Crippen LogP contribution in [0.1, 0.15) is 44.1 Å². The zero-order chi connectivity index (χ0) is 20.1. The maximum absolute atomic E-state index is 9.48. The van der Waals surface area contributed by atoms with E-state index in [1.807, 2.05) is 18.2 Å². The number of nitrogens with one attached hydrogen (secondary N) is 3. The Morgan fingerprint density at radius 1 is 1.14 bits per heavy atom. The molecule has 8 heteroatoms. The van der Waals surface area contributed by atoms with Crippen molar-refractivity contribution in [2.75, 3.05) is 25.2 Å². The molecule has 1 aliphatic carbocycles. The molecular formula is C21H25N5O2S. The molecule has 0 amide bonds. The molecule has 2 heterocycles. The van der Waals surface area contributed by atoms with E-state index >= 15 is 0 Å². The van der Waals surface area contributed by atoms with Crippen molar-refractivity contribution in [2.24, 2.45) is 0 Å². The van der Waals surface area contributed by atoms with Crippen LogP contribution in [0.5, 0.6) is 11.5 Å². The summed E-state index contributed by atoms with van der Waals surface area (Å²) in [6, 6.07) is 8.26. The molecule has 1 fully saturated rings. The van der Waals surface area contributed by atoms with E-state index in [2.05, 4.69) is 27.0 Å². The van der Waals surface area contributed by atoms with Crippen LogP contribution in [0, 0.1) is 11.3 Å². The minimum atomic E-state index is 0.215. The summed E-state index contributed by atoms with van der Waals surface area (Å²) in [7, 11) is 0. The monoisotopic (exact) mass is 411 g/mol. The van der Waals surface area contributed by atoms with Gasteiger partial charge < -0.3 is 25.4 Å². The fourth-order valence-electron chi connectivity index (χ4n) is 3.76. The lowest BCUT2D eigenvalue weighted by molar-refractivity contribution is 0.174. The fraction of sp³-hybridized carbons (Fsp3) is 0.476. The summed E-state index contributed by atoms with van der Waals surface area (Å²) in [5.74, 6) is 1.96. The normalized spacial score (nSPS) is 15.7. The predicted molar refractivity (Wildman–Crippen MR) is 116 cm³/mol. The lowest BCUT2D eigenvalue weighted by Crippen LogP contribution is -2.43. The second kappa shape index (κ2) is 9.14. The number of hydrogen-bond donors (Lipinski definition) is 3. The van der Waals surface area contributed by atoms with Crippen molar-refractivity contribution in [3.63, 3.8) is 0 Å². The first kappa shape index (κ1) is 19.5. The average Bonchev–Trinajstić information content (AvgIpc) is 3.19. The van der Waals surface area contributed by atoms with E-state index < -0.39 is 0 Å². The minimum Gasteiger partial charge on any atom is -0.454 e. The van der Waals surface area contributed by atoms with Gasteiger partial charge in [-0.25, -0.2) is 4.98 Å². The van der Waals surface area contributed by atoms with Crippen molar-refractivity contribution in [1.29, 1.82) is 5.26 Å². The van der Waals surface area contributed by atoms with Crippen molar-refractivity contribution < 1.29 is 9.47 Å². The van der Waals surface area contributed by atoms with Crippen LogP contribution in [0.15, 0.2) is 18.2 Å². The smallest absolute Gasteiger partial charge is 0.231 e. The average molecular weight is 412 g/mol. The number of hydrogen-bond acceptors (Lipinski definition) is 6. The summed E-state index contributed by atoms with van der Waals surface area (Å²) in [5.41, 5.74) is 1.28. The summed E-state index contributed by atoms with van der Waals surface area (Å²) >= 11 is 5.39. The molecule has 0 bridgehead atoms. The molecule has 1 saturated carbocycles. The van der Waals surface area contributed by atoms with Gasteiger partial charge in [-0.3, -0.25) is 0 Å². The maximum Gasteiger partial charge on any atom is 0.231 e. The Morgan fingerprint density at radius 2 is 1.93 bits per heavy atom. The Balaban J connectivity index is 1.28. The highest BCUT2D eigenvalue weighted by Gasteiger charge is 2.16. The van der Waals surface area contributed by atoms with Gasteiger partial charge in [0.05, 0.1) is 11.1 Å². The third-order valence-corrected chi connectivity index (χ3v) is 5.56. The number of rotatable bonds is 6. The molecule has 3 N–H and O–H groups in total. The van der Waals surface area contributed by atoms with Gasteiger partial charge in [0.25, 0.3) is 0 Å². The van der Waals surface area contributed by atoms with Gasteiger partial charge in [-0.1, -0.05) is 19.3 Å². The largest absolute Gasteiger partial charge is 0.454 e. The molecule has 2 aromatic rings. The summed E-state index contributed by atoms with van der Waals surface area (Å²) < 4.78 is 10.8. The van der Waals surface area contributed by atoms with Crippen LogP contribution in [0.2, 0.25) is 0 Å². The van der Waals surface area contributed by atoms with Gasteiger partial charge in [0.15, 0.2) is 16.6 Å². The van der Waals surface area contributed by atoms with E-state index in [9.17, 15) is 5.26 Å². The number of pyridine rings is 1. The number of ether oxygens (including phenoxy) is 2. The third kappa shape index (κ3) is 4.80. The quantitative estimate of drug-likeness (QED) is 0.492. The summed E-state index contributed by atoms with van der Waals surface area (Å²) in [6.45, 7) is 1.67. The zero-order valence-corrected chi connectivity index (χ0v) is 17.1. The van der Waals surface area contributed by atoms with Crippen molar-refractivity contribution in [3.05, 3.63) is 23.8 Å². The van der Waals surface area contributed by atoms with Crippen LogP contribution in [-0.4, -0.2) is 36.0 Å². The van der Waals surface area contributed by atoms with Gasteiger partial charge in [-0.05, 0) is 43.6 Å². The van der Waals surface area contributed by atoms with Crippen LogP contribution >= 0.6 is 12.2 Å². The van der Waals surface area contributed by atoms with E-state index in [0.29, 0.717) is 35.5 Å². The lowest BCUT2D eigenvalue weighted by Gasteiger charge is -2.24. The number of benzene rings is 1. The number of nitriles is 1. The maximum atomic E-state index is 9.48. The second-order valence-electron chi connectivity index (χ2n) is 7.41. The molecule has 4 rings (SSSR count). The molecule has 1 aromatic carbocycles. The van der Waals surface area contributed by atoms with Gasteiger partial charge in [0, 0.05) is 30.6 Å². The molecule has 7 nitrogen and oxygen atoms in total.